The number of hydrogen-bond donors (Lipinski definition) is 1. The second-order valence-electron chi connectivity index (χ2n) is 3.45. The summed E-state index contributed by atoms with van der Waals surface area (Å²) in [6, 6.07) is 3.99. The van der Waals surface area contributed by atoms with Crippen LogP contribution in [-0.4, -0.2) is 24.7 Å². The average Bonchev–Trinajstić information content (AvgIpc) is 2.17. The zero-order valence-electron chi connectivity index (χ0n) is 9.08. The predicted octanol–water partition coefficient (Wildman–Crippen LogP) is 1.51. The number of aryl methyl sites for hydroxylation is 1. The molecule has 1 aromatic rings. The number of ether oxygens (including phenoxy) is 1. The molecule has 0 bridgehead atoms. The first kappa shape index (κ1) is 11.1. The van der Waals surface area contributed by atoms with Crippen molar-refractivity contribution in [3.8, 4) is 0 Å². The van der Waals surface area contributed by atoms with Crippen LogP contribution in [0.25, 0.3) is 0 Å². The minimum absolute atomic E-state index is 0.224. The monoisotopic (exact) mass is 194 g/mol. The molecule has 1 aromatic heterocycles. The average molecular weight is 194 g/mol. The lowest BCUT2D eigenvalue weighted by Crippen LogP contribution is -2.23. The first-order valence-electron chi connectivity index (χ1n) is 4.90. The van der Waals surface area contributed by atoms with E-state index in [1.807, 2.05) is 13.1 Å². The molecule has 0 saturated heterocycles. The molecule has 0 radical (unpaired) electrons. The fourth-order valence-corrected chi connectivity index (χ4v) is 1.24. The quantitative estimate of drug-likeness (QED) is 0.771. The number of hydrogen-bond acceptors (Lipinski definition) is 3. The first-order chi connectivity index (χ1) is 6.74. The van der Waals surface area contributed by atoms with Gasteiger partial charge in [0.25, 0.3) is 0 Å². The van der Waals surface area contributed by atoms with Crippen LogP contribution in [0.3, 0.4) is 0 Å². The van der Waals surface area contributed by atoms with E-state index in [0.717, 1.165) is 12.2 Å². The number of nitrogens with zero attached hydrogens (tertiary/aromatic N) is 1. The number of nitrogens with one attached hydrogen (secondary N) is 1. The molecular formula is C11H18N2O. The molecular weight excluding hydrogens is 176 g/mol. The summed E-state index contributed by atoms with van der Waals surface area (Å²) >= 11 is 0. The molecule has 0 amide bonds. The highest BCUT2D eigenvalue weighted by Gasteiger charge is 2.03. The SMILES string of the molecule is CNCC(C)OCc1ncccc1C. The second-order valence-corrected chi connectivity index (χ2v) is 3.45. The Morgan fingerprint density at radius 3 is 3.00 bits per heavy atom. The van der Waals surface area contributed by atoms with E-state index in [0.29, 0.717) is 6.61 Å². The van der Waals surface area contributed by atoms with Gasteiger partial charge in [0.15, 0.2) is 0 Å². The molecule has 3 nitrogen and oxygen atoms in total. The van der Waals surface area contributed by atoms with Crippen LogP contribution in [0.5, 0.6) is 0 Å². The summed E-state index contributed by atoms with van der Waals surface area (Å²) in [6.45, 7) is 5.56. The molecule has 0 aromatic carbocycles. The Morgan fingerprint density at radius 2 is 2.36 bits per heavy atom. The summed E-state index contributed by atoms with van der Waals surface area (Å²) in [5.41, 5.74) is 2.21. The van der Waals surface area contributed by atoms with Gasteiger partial charge in [-0.3, -0.25) is 4.98 Å². The van der Waals surface area contributed by atoms with Crippen molar-refractivity contribution in [3.63, 3.8) is 0 Å². The van der Waals surface area contributed by atoms with Crippen molar-refractivity contribution < 1.29 is 4.74 Å². The molecule has 1 rings (SSSR count). The Kier molecular flexibility index (Phi) is 4.56. The number of rotatable bonds is 5. The van der Waals surface area contributed by atoms with Crippen molar-refractivity contribution >= 4 is 0 Å². The van der Waals surface area contributed by atoms with Gasteiger partial charge in [-0.2, -0.15) is 0 Å². The van der Waals surface area contributed by atoms with Gasteiger partial charge in [-0.15, -0.1) is 0 Å². The molecule has 0 fully saturated rings. The van der Waals surface area contributed by atoms with Gasteiger partial charge in [0, 0.05) is 12.7 Å². The van der Waals surface area contributed by atoms with E-state index >= 15 is 0 Å². The fraction of sp³-hybridized carbons (Fsp3) is 0.545. The summed E-state index contributed by atoms with van der Waals surface area (Å²) in [7, 11) is 1.92. The largest absolute Gasteiger partial charge is 0.371 e. The summed E-state index contributed by atoms with van der Waals surface area (Å²) in [6.07, 6.45) is 2.02. The van der Waals surface area contributed by atoms with E-state index in [1.165, 1.54) is 5.56 Å². The summed E-state index contributed by atoms with van der Waals surface area (Å²) in [5, 5.41) is 3.07. The number of pyridine rings is 1. The van der Waals surface area contributed by atoms with E-state index < -0.39 is 0 Å². The van der Waals surface area contributed by atoms with Gasteiger partial charge < -0.3 is 10.1 Å². The van der Waals surface area contributed by atoms with Crippen molar-refractivity contribution in [1.82, 2.24) is 10.3 Å². The van der Waals surface area contributed by atoms with Crippen LogP contribution in [0.2, 0.25) is 0 Å². The molecule has 0 saturated carbocycles. The van der Waals surface area contributed by atoms with Crippen LogP contribution < -0.4 is 5.32 Å². The highest BCUT2D eigenvalue weighted by molar-refractivity contribution is 5.16. The van der Waals surface area contributed by atoms with Crippen molar-refractivity contribution in [2.45, 2.75) is 26.6 Å². The van der Waals surface area contributed by atoms with Gasteiger partial charge in [-0.25, -0.2) is 0 Å². The fourth-order valence-electron chi connectivity index (χ4n) is 1.24. The molecule has 1 N–H and O–H groups in total. The Morgan fingerprint density at radius 1 is 1.57 bits per heavy atom. The zero-order valence-corrected chi connectivity index (χ0v) is 9.08. The lowest BCUT2D eigenvalue weighted by molar-refractivity contribution is 0.0522. The molecule has 1 atom stereocenters. The molecule has 3 heteroatoms. The summed E-state index contributed by atoms with van der Waals surface area (Å²) in [5.74, 6) is 0. The Labute approximate surface area is 85.5 Å². The minimum atomic E-state index is 0.224. The molecule has 1 unspecified atom stereocenters. The van der Waals surface area contributed by atoms with Crippen molar-refractivity contribution in [1.29, 1.82) is 0 Å². The Hall–Kier alpha value is -0.930. The van der Waals surface area contributed by atoms with Crippen molar-refractivity contribution in [3.05, 3.63) is 29.6 Å². The standard InChI is InChI=1S/C11H18N2O/c1-9-5-4-6-13-11(9)8-14-10(2)7-12-3/h4-6,10,12H,7-8H2,1-3H3. The van der Waals surface area contributed by atoms with Gasteiger partial charge in [-0.1, -0.05) is 6.07 Å². The van der Waals surface area contributed by atoms with Crippen LogP contribution in [0.4, 0.5) is 0 Å². The maximum atomic E-state index is 5.62. The summed E-state index contributed by atoms with van der Waals surface area (Å²) < 4.78 is 5.62. The van der Waals surface area contributed by atoms with Crippen molar-refractivity contribution in [2.24, 2.45) is 0 Å². The molecule has 0 aliphatic carbocycles. The third-order valence-electron chi connectivity index (χ3n) is 2.11. The summed E-state index contributed by atoms with van der Waals surface area (Å²) in [4.78, 5) is 4.26. The van der Waals surface area contributed by atoms with E-state index in [-0.39, 0.29) is 6.10 Å². The van der Waals surface area contributed by atoms with Crippen LogP contribution in [0.15, 0.2) is 18.3 Å². The minimum Gasteiger partial charge on any atom is -0.371 e. The first-order valence-corrected chi connectivity index (χ1v) is 4.90. The van der Waals surface area contributed by atoms with E-state index in [4.69, 9.17) is 4.74 Å². The maximum absolute atomic E-state index is 5.62. The lowest BCUT2D eigenvalue weighted by Gasteiger charge is -2.12. The highest BCUT2D eigenvalue weighted by atomic mass is 16.5. The van der Waals surface area contributed by atoms with E-state index in [9.17, 15) is 0 Å². The van der Waals surface area contributed by atoms with Gasteiger partial charge >= 0.3 is 0 Å². The molecule has 0 spiro atoms. The van der Waals surface area contributed by atoms with Crippen LogP contribution in [0.1, 0.15) is 18.2 Å². The van der Waals surface area contributed by atoms with E-state index in [2.05, 4.69) is 30.2 Å². The van der Waals surface area contributed by atoms with Gasteiger partial charge in [0.1, 0.15) is 0 Å². The predicted molar refractivity (Wildman–Crippen MR) is 57.2 cm³/mol. The van der Waals surface area contributed by atoms with Crippen LogP contribution >= 0.6 is 0 Å². The zero-order chi connectivity index (χ0) is 10.4. The number of aromatic nitrogens is 1. The van der Waals surface area contributed by atoms with Crippen LogP contribution in [0, 0.1) is 6.92 Å². The lowest BCUT2D eigenvalue weighted by atomic mass is 10.2. The molecule has 78 valence electrons. The molecule has 0 aliphatic heterocycles. The van der Waals surface area contributed by atoms with Gasteiger partial charge in [0.05, 0.1) is 18.4 Å². The molecule has 0 aliphatic rings. The van der Waals surface area contributed by atoms with Crippen LogP contribution in [-0.2, 0) is 11.3 Å². The van der Waals surface area contributed by atoms with Crippen molar-refractivity contribution in [2.75, 3.05) is 13.6 Å². The second kappa shape index (κ2) is 5.73. The highest BCUT2D eigenvalue weighted by Crippen LogP contribution is 2.05. The number of likely N-dealkylation sites (N-methyl/N-ethyl adjacent to an activating group) is 1. The Balaban J connectivity index is 2.41. The molecule has 14 heavy (non-hydrogen) atoms. The third kappa shape index (κ3) is 3.44. The smallest absolute Gasteiger partial charge is 0.0894 e. The molecule has 1 heterocycles. The van der Waals surface area contributed by atoms with Gasteiger partial charge in [-0.05, 0) is 32.5 Å². The maximum Gasteiger partial charge on any atom is 0.0894 e. The Bertz CT molecular complexity index is 276. The third-order valence-corrected chi connectivity index (χ3v) is 2.11. The van der Waals surface area contributed by atoms with Gasteiger partial charge in [0.2, 0.25) is 0 Å². The van der Waals surface area contributed by atoms with E-state index in [1.54, 1.807) is 6.20 Å². The topological polar surface area (TPSA) is 34.1 Å². The normalized spacial score (nSPS) is 12.8.